The maximum atomic E-state index is 6.15. The van der Waals surface area contributed by atoms with Crippen LogP contribution in [0.5, 0.6) is 0 Å². The molecule has 3 heteroatoms. The minimum atomic E-state index is -0.301. The summed E-state index contributed by atoms with van der Waals surface area (Å²) in [7, 11) is 0. The molecule has 4 fully saturated rings. The number of fused-ring (bicyclic) bond motifs is 5. The summed E-state index contributed by atoms with van der Waals surface area (Å²) in [4.78, 5) is 4.46. The number of ether oxygens (including phenoxy) is 2. The van der Waals surface area contributed by atoms with E-state index in [-0.39, 0.29) is 5.79 Å². The number of rotatable bonds is 1. The fraction of sp³-hybridized carbons (Fsp3) is 0.741. The molecule has 0 bridgehead atoms. The van der Waals surface area contributed by atoms with Crippen LogP contribution in [0.4, 0.5) is 0 Å². The van der Waals surface area contributed by atoms with E-state index in [1.54, 1.807) is 11.1 Å². The lowest BCUT2D eigenvalue weighted by Crippen LogP contribution is -2.52. The molecular formula is C27H37NO2. The fourth-order valence-corrected chi connectivity index (χ4v) is 8.92. The fourth-order valence-electron chi connectivity index (χ4n) is 8.92. The van der Waals surface area contributed by atoms with Gasteiger partial charge in [-0.3, -0.25) is 4.98 Å². The van der Waals surface area contributed by atoms with E-state index in [9.17, 15) is 0 Å². The molecule has 30 heavy (non-hydrogen) atoms. The molecule has 0 radical (unpaired) electrons. The van der Waals surface area contributed by atoms with Gasteiger partial charge in [0.05, 0.1) is 13.2 Å². The topological polar surface area (TPSA) is 31.4 Å². The molecule has 6 atom stereocenters. The minimum absolute atomic E-state index is 0.301. The molecule has 1 aromatic rings. The predicted octanol–water partition coefficient (Wildman–Crippen LogP) is 6.26. The van der Waals surface area contributed by atoms with Crippen molar-refractivity contribution in [2.75, 3.05) is 13.2 Å². The highest BCUT2D eigenvalue weighted by molar-refractivity contribution is 5.32. The highest BCUT2D eigenvalue weighted by atomic mass is 16.7. The number of hydrogen-bond donors (Lipinski definition) is 0. The van der Waals surface area contributed by atoms with Gasteiger partial charge in [0.15, 0.2) is 5.79 Å². The van der Waals surface area contributed by atoms with Gasteiger partial charge >= 0.3 is 0 Å². The van der Waals surface area contributed by atoms with Crippen LogP contribution in [0.3, 0.4) is 0 Å². The van der Waals surface area contributed by atoms with Gasteiger partial charge < -0.3 is 9.47 Å². The summed E-state index contributed by atoms with van der Waals surface area (Å²) in [6, 6.07) is 4.45. The highest BCUT2D eigenvalue weighted by Crippen LogP contribution is 2.69. The Morgan fingerprint density at radius 1 is 1.00 bits per heavy atom. The van der Waals surface area contributed by atoms with Crippen molar-refractivity contribution in [2.24, 2.45) is 28.6 Å². The van der Waals surface area contributed by atoms with Crippen LogP contribution in [0.1, 0.15) is 83.6 Å². The van der Waals surface area contributed by atoms with Crippen molar-refractivity contribution in [3.8, 4) is 0 Å². The Labute approximate surface area is 181 Å². The molecule has 3 nitrogen and oxygen atoms in total. The lowest BCUT2D eigenvalue weighted by atomic mass is 9.46. The molecule has 0 aromatic carbocycles. The summed E-state index contributed by atoms with van der Waals surface area (Å²) in [5.41, 5.74) is 5.62. The van der Waals surface area contributed by atoms with Crippen molar-refractivity contribution in [3.63, 3.8) is 0 Å². The van der Waals surface area contributed by atoms with Crippen molar-refractivity contribution in [1.29, 1.82) is 0 Å². The number of hydrogen-bond acceptors (Lipinski definition) is 3. The summed E-state index contributed by atoms with van der Waals surface area (Å²) in [5, 5.41) is 0. The zero-order valence-electron chi connectivity index (χ0n) is 19.0. The Kier molecular flexibility index (Phi) is 4.32. The average Bonchev–Trinajstić information content (AvgIpc) is 3.35. The third-order valence-electron chi connectivity index (χ3n) is 10.4. The Morgan fingerprint density at radius 2 is 1.83 bits per heavy atom. The molecular weight excluding hydrogens is 370 g/mol. The van der Waals surface area contributed by atoms with E-state index in [1.807, 2.05) is 6.20 Å². The largest absolute Gasteiger partial charge is 0.347 e. The molecule has 1 spiro atoms. The first kappa shape index (κ1) is 19.5. The van der Waals surface area contributed by atoms with Crippen LogP contribution in [0.15, 0.2) is 35.7 Å². The maximum absolute atomic E-state index is 6.15. The van der Waals surface area contributed by atoms with Gasteiger partial charge in [-0.2, -0.15) is 0 Å². The van der Waals surface area contributed by atoms with Crippen LogP contribution in [-0.2, 0) is 9.47 Å². The van der Waals surface area contributed by atoms with E-state index in [0.717, 1.165) is 43.8 Å². The van der Waals surface area contributed by atoms with Crippen LogP contribution in [0.2, 0.25) is 0 Å². The highest BCUT2D eigenvalue weighted by Gasteiger charge is 2.61. The van der Waals surface area contributed by atoms with Gasteiger partial charge in [-0.15, -0.1) is 0 Å². The Hall–Kier alpha value is -1.19. The summed E-state index contributed by atoms with van der Waals surface area (Å²) in [5.74, 6) is 2.92. The van der Waals surface area contributed by atoms with Crippen LogP contribution < -0.4 is 0 Å². The summed E-state index contributed by atoms with van der Waals surface area (Å²) >= 11 is 0. The SMILES string of the molecule is CC1=C2CC3(CC[C@]2(C)[C@H]2CC[C@]4(C)C(c5cccnc5)CC[C@H]4[C@@H]2C1)OCCO3. The normalized spacial score (nSPS) is 44.6. The van der Waals surface area contributed by atoms with Gasteiger partial charge in [0, 0.05) is 25.2 Å². The molecule has 162 valence electrons. The van der Waals surface area contributed by atoms with Crippen molar-refractivity contribution in [1.82, 2.24) is 4.98 Å². The predicted molar refractivity (Wildman–Crippen MR) is 118 cm³/mol. The second-order valence-electron chi connectivity index (χ2n) is 11.5. The van der Waals surface area contributed by atoms with Crippen LogP contribution in [0, 0.1) is 28.6 Å². The molecule has 2 heterocycles. The summed E-state index contributed by atoms with van der Waals surface area (Å²) in [6.07, 6.45) is 14.2. The van der Waals surface area contributed by atoms with E-state index in [1.165, 1.54) is 44.1 Å². The molecule has 1 aliphatic heterocycles. The van der Waals surface area contributed by atoms with Crippen molar-refractivity contribution < 1.29 is 9.47 Å². The van der Waals surface area contributed by atoms with Crippen LogP contribution in [-0.4, -0.2) is 24.0 Å². The number of nitrogens with zero attached hydrogens (tertiary/aromatic N) is 1. The van der Waals surface area contributed by atoms with E-state index in [2.05, 4.69) is 44.1 Å². The van der Waals surface area contributed by atoms with E-state index in [4.69, 9.17) is 9.47 Å². The smallest absolute Gasteiger partial charge is 0.172 e. The first-order valence-corrected chi connectivity index (χ1v) is 12.3. The second-order valence-corrected chi connectivity index (χ2v) is 11.5. The second kappa shape index (κ2) is 6.65. The lowest BCUT2D eigenvalue weighted by Gasteiger charge is -2.60. The van der Waals surface area contributed by atoms with Gasteiger partial charge in [0.1, 0.15) is 0 Å². The van der Waals surface area contributed by atoms with Gasteiger partial charge in [0.2, 0.25) is 0 Å². The third kappa shape index (κ3) is 2.60. The summed E-state index contributed by atoms with van der Waals surface area (Å²) in [6.45, 7) is 9.18. The van der Waals surface area contributed by atoms with Crippen LogP contribution >= 0.6 is 0 Å². The molecule has 1 unspecified atom stereocenters. The molecule has 6 rings (SSSR count). The van der Waals surface area contributed by atoms with Crippen molar-refractivity contribution >= 4 is 0 Å². The quantitative estimate of drug-likeness (QED) is 0.515. The van der Waals surface area contributed by atoms with Crippen molar-refractivity contribution in [2.45, 2.75) is 83.8 Å². The zero-order valence-corrected chi connectivity index (χ0v) is 19.0. The van der Waals surface area contributed by atoms with Gasteiger partial charge in [-0.1, -0.05) is 31.1 Å². The number of allylic oxidation sites excluding steroid dienone is 1. The molecule has 1 saturated heterocycles. The lowest BCUT2D eigenvalue weighted by molar-refractivity contribution is -0.185. The molecule has 1 aromatic heterocycles. The number of pyridine rings is 1. The maximum Gasteiger partial charge on any atom is 0.172 e. The average molecular weight is 408 g/mol. The first-order valence-electron chi connectivity index (χ1n) is 12.3. The van der Waals surface area contributed by atoms with E-state index in [0.29, 0.717) is 16.7 Å². The third-order valence-corrected chi connectivity index (χ3v) is 10.4. The van der Waals surface area contributed by atoms with E-state index < -0.39 is 0 Å². The Balaban J connectivity index is 1.33. The van der Waals surface area contributed by atoms with Crippen LogP contribution in [0.25, 0.3) is 0 Å². The first-order chi connectivity index (χ1) is 14.5. The minimum Gasteiger partial charge on any atom is -0.347 e. The Bertz CT molecular complexity index is 857. The molecule has 4 aliphatic carbocycles. The molecule has 3 saturated carbocycles. The van der Waals surface area contributed by atoms with Gasteiger partial charge in [0.25, 0.3) is 0 Å². The van der Waals surface area contributed by atoms with E-state index >= 15 is 0 Å². The molecule has 5 aliphatic rings. The molecule has 0 N–H and O–H groups in total. The van der Waals surface area contributed by atoms with Crippen molar-refractivity contribution in [3.05, 3.63) is 41.2 Å². The molecule has 0 amide bonds. The number of aromatic nitrogens is 1. The monoisotopic (exact) mass is 407 g/mol. The van der Waals surface area contributed by atoms with Gasteiger partial charge in [-0.05, 0) is 91.6 Å². The zero-order chi connectivity index (χ0) is 20.6. The summed E-state index contributed by atoms with van der Waals surface area (Å²) < 4.78 is 12.3. The Morgan fingerprint density at radius 3 is 2.60 bits per heavy atom. The van der Waals surface area contributed by atoms with Gasteiger partial charge in [-0.25, -0.2) is 0 Å². The standard InChI is InChI=1S/C27H37NO2/c1-18-15-20-22-7-6-21(19-5-4-12-28-17-19)25(22,2)9-8-23(20)26(3)10-11-27(16-24(18)26)29-13-14-30-27/h4-5,12,17,20-23H,6-11,13-16H2,1-3H3/t20-,21?,22-,23-,25+,26+/m0/s1.